The molecule has 0 spiro atoms. The van der Waals surface area contributed by atoms with E-state index >= 15 is 0 Å². The number of rotatable bonds is 55. The molecule has 0 unspecified atom stereocenters. The van der Waals surface area contributed by atoms with Crippen LogP contribution in [0.25, 0.3) is 0 Å². The van der Waals surface area contributed by atoms with E-state index in [-0.39, 0.29) is 185 Å². The maximum atomic E-state index is 14.9. The average molecular weight is 1510 g/mol. The summed E-state index contributed by atoms with van der Waals surface area (Å²) in [6.07, 6.45) is -0.515. The molecule has 11 amide bonds. The summed E-state index contributed by atoms with van der Waals surface area (Å²) in [6, 6.07) is -13.3. The Morgan fingerprint density at radius 1 is 0.257 bits per heavy atom. The van der Waals surface area contributed by atoms with Crippen LogP contribution in [-0.4, -0.2) is 232 Å². The molecule has 0 heterocycles. The minimum atomic E-state index is -1.59. The number of primary amides is 1. The van der Waals surface area contributed by atoms with Crippen molar-refractivity contribution >= 4 is 125 Å². The molecule has 46 nitrogen and oxygen atoms in total. The standard InChI is InChI=1S/C58H115N35O11S/c1-30(2)42(96)84-28-40(94)85-31(13-5-21-77-52(62)63)43(97)87-33(14-6-22-78-53(64)65)45(99)86-32(12-3-4-20-76-51(60)61)44(98)88-34(15-7-23-79-54(66)67)46(100)89-35(16-8-24-80-55(68)69)47(101)90-36(17-9-25-81-56(70)71)48(102)91-37(18-10-26-82-57(72)73)49(103)92-38(19-11-27-83-58(74)75)50(104)93-39(29-105)41(59)95/h30-39,105H,3-29H2,1-2H3,(H2,59,95)(H,84,96)(H,85,94)(H,86,99)(H,87,97)(H,88,98)(H,89,100)(H,90,101)(H,91,102)(H,92,103)(H,93,104)(H4,60,61,76)(H4,62,63,77)(H4,64,65,78)(H4,66,67,79)(H4,68,69,80)(H4,70,71,81)(H4,72,73,82)(H4,74,75,83)/t31-,32-,33-,34-,35-,36-,37-,38-,39-/m1/s1. The topological polar surface area (TPSA) is 829 Å². The third-order valence-corrected chi connectivity index (χ3v) is 15.4. The number of amides is 11. The Balaban J connectivity index is 7.87. The minimum Gasteiger partial charge on any atom is -0.370 e. The summed E-state index contributed by atoms with van der Waals surface area (Å²) in [5.74, 6) is -13.7. The summed E-state index contributed by atoms with van der Waals surface area (Å²) in [5.41, 5.74) is 49.5. The molecule has 0 aliphatic heterocycles. The summed E-state index contributed by atoms with van der Waals surface area (Å²) in [5, 5.41) is 108. The lowest BCUT2D eigenvalue weighted by Crippen LogP contribution is -2.60. The molecule has 9 atom stereocenters. The second kappa shape index (κ2) is 53.5. The van der Waals surface area contributed by atoms with Gasteiger partial charge in [-0.3, -0.25) is 96.0 Å². The number of unbranched alkanes of at least 4 members (excludes halogenated alkanes) is 1. The Bertz CT molecular complexity index is 2930. The molecule has 0 aliphatic carbocycles. The van der Waals surface area contributed by atoms with Crippen LogP contribution in [0.15, 0.2) is 0 Å². The number of nitrogens with one attached hydrogen (secondary N) is 26. The molecule has 0 aromatic rings. The summed E-state index contributed by atoms with van der Waals surface area (Å²) >= 11 is 4.08. The van der Waals surface area contributed by atoms with Gasteiger partial charge in [-0.1, -0.05) is 13.8 Å². The van der Waals surface area contributed by atoms with Gasteiger partial charge in [0.25, 0.3) is 0 Å². The van der Waals surface area contributed by atoms with Crippen molar-refractivity contribution in [3.8, 4) is 0 Å². The van der Waals surface area contributed by atoms with Crippen molar-refractivity contribution in [2.75, 3.05) is 64.7 Å². The van der Waals surface area contributed by atoms with Gasteiger partial charge in [-0.25, -0.2) is 0 Å². The van der Waals surface area contributed by atoms with Gasteiger partial charge < -0.3 is 147 Å². The van der Waals surface area contributed by atoms with Crippen molar-refractivity contribution in [3.63, 3.8) is 0 Å². The Labute approximate surface area is 614 Å². The third kappa shape index (κ3) is 46.0. The van der Waals surface area contributed by atoms with E-state index in [0.29, 0.717) is 0 Å². The van der Waals surface area contributed by atoms with E-state index in [4.69, 9.17) is 94.9 Å². The first-order valence-electron chi connectivity index (χ1n) is 34.0. The molecule has 0 saturated heterocycles. The molecule has 0 bridgehead atoms. The van der Waals surface area contributed by atoms with E-state index in [1.54, 1.807) is 13.8 Å². The number of hydrogen-bond donors (Lipinski definition) is 36. The van der Waals surface area contributed by atoms with Crippen molar-refractivity contribution in [1.82, 2.24) is 95.7 Å². The van der Waals surface area contributed by atoms with Gasteiger partial charge in [0.05, 0.1) is 6.54 Å². The summed E-state index contributed by atoms with van der Waals surface area (Å²) in [6.45, 7) is 2.96. The molecular weight excluding hydrogens is 1390 g/mol. The number of thiol groups is 1. The maximum absolute atomic E-state index is 14.9. The van der Waals surface area contributed by atoms with E-state index in [9.17, 15) is 52.7 Å². The highest BCUT2D eigenvalue weighted by Gasteiger charge is 2.36. The molecule has 0 aliphatic rings. The van der Waals surface area contributed by atoms with E-state index in [2.05, 4.69) is 108 Å². The van der Waals surface area contributed by atoms with Crippen LogP contribution in [0.1, 0.15) is 123 Å². The fourth-order valence-corrected chi connectivity index (χ4v) is 9.83. The predicted octanol–water partition coefficient (Wildman–Crippen LogP) is -11.0. The first-order chi connectivity index (χ1) is 49.5. The Hall–Kier alpha value is -11.3. The third-order valence-electron chi connectivity index (χ3n) is 15.0. The van der Waals surface area contributed by atoms with Crippen LogP contribution in [0.4, 0.5) is 0 Å². The number of carbonyl (C=O) groups excluding carboxylic acids is 11. The smallest absolute Gasteiger partial charge is 0.243 e. The predicted molar refractivity (Wildman–Crippen MR) is 396 cm³/mol. The van der Waals surface area contributed by atoms with Crippen LogP contribution >= 0.6 is 12.6 Å². The lowest BCUT2D eigenvalue weighted by molar-refractivity contribution is -0.136. The van der Waals surface area contributed by atoms with Crippen molar-refractivity contribution in [2.24, 2.45) is 57.5 Å². The fourth-order valence-electron chi connectivity index (χ4n) is 9.55. The van der Waals surface area contributed by atoms with Crippen LogP contribution in [0.5, 0.6) is 0 Å². The Morgan fingerprint density at radius 2 is 0.438 bits per heavy atom. The summed E-state index contributed by atoms with van der Waals surface area (Å²) in [7, 11) is 0. The quantitative estimate of drug-likeness (QED) is 0.0116. The van der Waals surface area contributed by atoms with Crippen LogP contribution in [0.2, 0.25) is 0 Å². The van der Waals surface area contributed by atoms with E-state index in [1.807, 2.05) is 0 Å². The highest BCUT2D eigenvalue weighted by molar-refractivity contribution is 7.80. The molecule has 0 aromatic carbocycles. The van der Waals surface area contributed by atoms with E-state index < -0.39 is 162 Å². The molecule has 0 rings (SSSR count). The van der Waals surface area contributed by atoms with Gasteiger partial charge in [0.1, 0.15) is 54.4 Å². The number of guanidine groups is 8. The fraction of sp³-hybridized carbons (Fsp3) is 0.672. The van der Waals surface area contributed by atoms with Crippen molar-refractivity contribution in [3.05, 3.63) is 0 Å². The molecule has 594 valence electrons. The van der Waals surface area contributed by atoms with Crippen LogP contribution in [0, 0.1) is 49.2 Å². The van der Waals surface area contributed by atoms with Gasteiger partial charge in [-0.05, 0) is 109 Å². The second-order valence-corrected chi connectivity index (χ2v) is 24.6. The zero-order chi connectivity index (χ0) is 79.6. The van der Waals surface area contributed by atoms with E-state index in [1.165, 1.54) is 0 Å². The molecular formula is C58H115N35O11S. The summed E-state index contributed by atoms with van der Waals surface area (Å²) < 4.78 is 0. The van der Waals surface area contributed by atoms with Gasteiger partial charge in [0, 0.05) is 64.0 Å². The van der Waals surface area contributed by atoms with Gasteiger partial charge >= 0.3 is 0 Å². The number of carbonyl (C=O) groups is 11. The maximum Gasteiger partial charge on any atom is 0.243 e. The van der Waals surface area contributed by atoms with Crippen molar-refractivity contribution in [1.29, 1.82) is 43.3 Å². The largest absolute Gasteiger partial charge is 0.370 e. The molecule has 0 saturated carbocycles. The lowest BCUT2D eigenvalue weighted by Gasteiger charge is -2.28. The van der Waals surface area contributed by atoms with E-state index in [0.717, 1.165) is 0 Å². The molecule has 47 heteroatoms. The van der Waals surface area contributed by atoms with Crippen LogP contribution < -0.4 is 147 Å². The van der Waals surface area contributed by atoms with Crippen molar-refractivity contribution in [2.45, 2.75) is 177 Å². The lowest BCUT2D eigenvalue weighted by atomic mass is 10.0. The normalized spacial score (nSPS) is 13.2. The molecule has 44 N–H and O–H groups in total. The minimum absolute atomic E-state index is 0.0109. The highest BCUT2D eigenvalue weighted by Crippen LogP contribution is 2.12. The van der Waals surface area contributed by atoms with Crippen molar-refractivity contribution < 1.29 is 52.7 Å². The zero-order valence-corrected chi connectivity index (χ0v) is 60.4. The molecule has 105 heavy (non-hydrogen) atoms. The van der Waals surface area contributed by atoms with Gasteiger partial charge in [-0.15, -0.1) is 0 Å². The number of nitrogens with two attached hydrogens (primary N) is 9. The van der Waals surface area contributed by atoms with Gasteiger partial charge in [-0.2, -0.15) is 12.6 Å². The van der Waals surface area contributed by atoms with Gasteiger partial charge in [0.2, 0.25) is 65.0 Å². The first-order valence-corrected chi connectivity index (χ1v) is 34.6. The monoisotopic (exact) mass is 1510 g/mol. The zero-order valence-electron chi connectivity index (χ0n) is 59.5. The molecule has 0 radical (unpaired) electrons. The van der Waals surface area contributed by atoms with Gasteiger partial charge in [0.15, 0.2) is 47.7 Å². The number of hydrogen-bond acceptors (Lipinski definition) is 20. The SMILES string of the molecule is CC(C)C(=O)NCC(=O)N[C@H](CCCNC(=N)N)C(=O)N[C@H](CCCNC(=N)N)C(=O)N[C@H](CCCCNC(=N)N)C(=O)N[C@H](CCCNC(=N)N)C(=O)N[C@H](CCCNC(=N)N)C(=O)N[C@H](CCCNC(=N)N)C(=O)N[C@H](CCCNC(=N)N)C(=O)N[C@H](CCCNC(=N)N)C(=O)N[C@H](CS)C(N)=O. The Morgan fingerprint density at radius 3 is 0.619 bits per heavy atom. The second-order valence-electron chi connectivity index (χ2n) is 24.3. The Kier molecular flexibility index (Phi) is 47.7. The highest BCUT2D eigenvalue weighted by atomic mass is 32.1. The van der Waals surface area contributed by atoms with Crippen LogP contribution in [0.3, 0.4) is 0 Å². The molecule has 0 aromatic heterocycles. The summed E-state index contributed by atoms with van der Waals surface area (Å²) in [4.78, 5) is 154. The van der Waals surface area contributed by atoms with Crippen LogP contribution in [-0.2, 0) is 52.7 Å². The first kappa shape index (κ1) is 93.7. The molecule has 0 fully saturated rings. The average Bonchev–Trinajstić information content (AvgIpc) is 0.875.